The largest absolute Gasteiger partial charge is 0.508 e. The molecular formula is C30H35FN3O9P. The molecule has 0 spiro atoms. The minimum absolute atomic E-state index is 0.103. The Morgan fingerprint density at radius 1 is 1.20 bits per heavy atom. The summed E-state index contributed by atoms with van der Waals surface area (Å²) in [5.41, 5.74) is -3.56. The summed E-state index contributed by atoms with van der Waals surface area (Å²) in [6, 6.07) is 11.4. The molecule has 0 radical (unpaired) electrons. The lowest BCUT2D eigenvalue weighted by Gasteiger charge is -2.28. The monoisotopic (exact) mass is 631 g/mol. The van der Waals surface area contributed by atoms with Crippen molar-refractivity contribution < 1.29 is 37.4 Å². The Morgan fingerprint density at radius 2 is 1.91 bits per heavy atom. The normalized spacial score (nSPS) is 19.4. The number of aromatic amines is 1. The summed E-state index contributed by atoms with van der Waals surface area (Å²) in [6.45, 7) is 5.69. The second-order valence-corrected chi connectivity index (χ2v) is 12.6. The summed E-state index contributed by atoms with van der Waals surface area (Å²) in [4.78, 5) is 38.6. The van der Waals surface area contributed by atoms with Crippen molar-refractivity contribution in [3.63, 3.8) is 0 Å². The number of esters is 1. The average Bonchev–Trinajstić information content (AvgIpc) is 3.65. The third-order valence-corrected chi connectivity index (χ3v) is 9.55. The maximum absolute atomic E-state index is 14.5. The number of nitrogens with one attached hydrogen (secondary N) is 2. The number of hydrogen-bond acceptors (Lipinski definition) is 9. The van der Waals surface area contributed by atoms with E-state index in [4.69, 9.17) is 18.5 Å². The maximum Gasteiger partial charge on any atom is 0.460 e. The fraction of sp³-hybridized carbons (Fsp3) is 0.433. The summed E-state index contributed by atoms with van der Waals surface area (Å²) in [5.74, 6) is -1.85. The first-order valence-electron chi connectivity index (χ1n) is 14.5. The Kier molecular flexibility index (Phi) is 9.01. The number of benzene rings is 2. The third kappa shape index (κ3) is 6.59. The Bertz CT molecular complexity index is 1740. The Balaban J connectivity index is 1.42. The van der Waals surface area contributed by atoms with E-state index >= 15 is 0 Å². The van der Waals surface area contributed by atoms with Gasteiger partial charge in [0.25, 0.3) is 5.56 Å². The number of carbonyl (C=O) groups excluding carboxylic acids is 1. The van der Waals surface area contributed by atoms with Gasteiger partial charge in [0.2, 0.25) is 5.82 Å². The lowest BCUT2D eigenvalue weighted by Crippen LogP contribution is -2.37. The number of fused-ring (bicyclic) bond motifs is 1. The highest BCUT2D eigenvalue weighted by Gasteiger charge is 2.58. The number of aromatic nitrogens is 2. The molecule has 12 nitrogen and oxygen atoms in total. The molecule has 3 atom stereocenters. The van der Waals surface area contributed by atoms with Gasteiger partial charge in [-0.3, -0.25) is 23.7 Å². The molecule has 14 heteroatoms. The Morgan fingerprint density at radius 3 is 2.61 bits per heavy atom. The Hall–Kier alpha value is -3.93. The zero-order chi connectivity index (χ0) is 31.6. The zero-order valence-corrected chi connectivity index (χ0v) is 25.5. The molecule has 44 heavy (non-hydrogen) atoms. The van der Waals surface area contributed by atoms with Crippen LogP contribution in [0.2, 0.25) is 0 Å². The fourth-order valence-electron chi connectivity index (χ4n) is 5.02. The van der Waals surface area contributed by atoms with Crippen LogP contribution in [0.25, 0.3) is 10.8 Å². The molecule has 0 amide bonds. The van der Waals surface area contributed by atoms with E-state index in [1.54, 1.807) is 24.3 Å². The highest BCUT2D eigenvalue weighted by Crippen LogP contribution is 2.61. The molecular weight excluding hydrogens is 596 g/mol. The van der Waals surface area contributed by atoms with Gasteiger partial charge in [0.05, 0.1) is 19.2 Å². The number of nitrogens with zero attached hydrogens (tertiary/aromatic N) is 1. The highest BCUT2D eigenvalue weighted by atomic mass is 31.2. The maximum atomic E-state index is 14.5. The zero-order valence-electron chi connectivity index (χ0n) is 24.6. The first-order valence-corrected chi connectivity index (χ1v) is 16.0. The van der Waals surface area contributed by atoms with Gasteiger partial charge in [-0.1, -0.05) is 63.1 Å². The van der Waals surface area contributed by atoms with Crippen molar-refractivity contribution in [2.45, 2.75) is 70.7 Å². The van der Waals surface area contributed by atoms with Crippen molar-refractivity contribution in [2.75, 3.05) is 6.61 Å². The van der Waals surface area contributed by atoms with Crippen LogP contribution in [0.4, 0.5) is 4.39 Å². The number of ether oxygens (including phenoxy) is 2. The quantitative estimate of drug-likeness (QED) is 0.169. The molecule has 2 aliphatic rings. The molecule has 1 fully saturated rings. The van der Waals surface area contributed by atoms with Crippen molar-refractivity contribution in [1.29, 1.82) is 0 Å². The molecule has 5 rings (SSSR count). The van der Waals surface area contributed by atoms with E-state index in [-0.39, 0.29) is 49.1 Å². The molecule has 1 aliphatic heterocycles. The Labute approximate surface area is 252 Å². The first-order chi connectivity index (χ1) is 21.0. The molecule has 2 aromatic carbocycles. The second kappa shape index (κ2) is 12.6. The van der Waals surface area contributed by atoms with E-state index in [0.29, 0.717) is 11.6 Å². The van der Waals surface area contributed by atoms with Crippen LogP contribution in [0, 0.1) is 11.7 Å². The molecule has 0 unspecified atom stereocenters. The van der Waals surface area contributed by atoms with Crippen LogP contribution in [0.15, 0.2) is 69.8 Å². The van der Waals surface area contributed by atoms with Gasteiger partial charge in [0.15, 0.2) is 12.0 Å². The molecule has 3 aromatic rings. The van der Waals surface area contributed by atoms with E-state index in [0.717, 1.165) is 22.8 Å². The SMILES string of the molecule is CCC(CC)COC(=O)[C@H](C)N[P@@](=O)(Oc1cccc2ccccc12)OC1(C2=C(O)C[C@H](n3cc(F)c(=O)[nH]c3=O)O2)CC1. The van der Waals surface area contributed by atoms with Gasteiger partial charge in [0, 0.05) is 5.39 Å². The van der Waals surface area contributed by atoms with Gasteiger partial charge in [-0.2, -0.15) is 9.48 Å². The number of aliphatic hydroxyl groups excluding tert-OH is 1. The van der Waals surface area contributed by atoms with E-state index < -0.39 is 48.7 Å². The summed E-state index contributed by atoms with van der Waals surface area (Å²) in [5, 5.41) is 15.0. The van der Waals surface area contributed by atoms with Crippen molar-refractivity contribution in [3.8, 4) is 5.75 Å². The van der Waals surface area contributed by atoms with Gasteiger partial charge >= 0.3 is 19.4 Å². The van der Waals surface area contributed by atoms with Crippen LogP contribution >= 0.6 is 7.75 Å². The lowest BCUT2D eigenvalue weighted by molar-refractivity contribution is -0.146. The summed E-state index contributed by atoms with van der Waals surface area (Å²) in [7, 11) is -4.42. The van der Waals surface area contributed by atoms with Gasteiger partial charge in [-0.15, -0.1) is 0 Å². The predicted octanol–water partition coefficient (Wildman–Crippen LogP) is 5.21. The van der Waals surface area contributed by atoms with Crippen LogP contribution in [0.1, 0.15) is 59.1 Å². The van der Waals surface area contributed by atoms with E-state index in [2.05, 4.69) is 5.09 Å². The smallest absolute Gasteiger partial charge is 0.460 e. The van der Waals surface area contributed by atoms with Gasteiger partial charge in [-0.25, -0.2) is 9.36 Å². The lowest BCUT2D eigenvalue weighted by atomic mass is 10.1. The van der Waals surface area contributed by atoms with Crippen LogP contribution in [0.3, 0.4) is 0 Å². The molecule has 1 aromatic heterocycles. The number of aliphatic hydroxyl groups is 1. The topological polar surface area (TPSA) is 158 Å². The van der Waals surface area contributed by atoms with E-state index in [1.165, 1.54) is 6.92 Å². The summed E-state index contributed by atoms with van der Waals surface area (Å²) >= 11 is 0. The molecule has 1 aliphatic carbocycles. The van der Waals surface area contributed by atoms with Crippen molar-refractivity contribution in [2.24, 2.45) is 5.92 Å². The van der Waals surface area contributed by atoms with Crippen LogP contribution in [-0.2, 0) is 23.4 Å². The number of hydrogen-bond donors (Lipinski definition) is 3. The van der Waals surface area contributed by atoms with Crippen LogP contribution in [0.5, 0.6) is 5.75 Å². The van der Waals surface area contributed by atoms with Crippen molar-refractivity contribution >= 4 is 24.5 Å². The van der Waals surface area contributed by atoms with Crippen LogP contribution in [-0.4, -0.2) is 38.9 Å². The molecule has 0 bridgehead atoms. The van der Waals surface area contributed by atoms with Crippen LogP contribution < -0.4 is 20.9 Å². The van der Waals surface area contributed by atoms with Gasteiger partial charge < -0.3 is 19.1 Å². The number of rotatable bonds is 13. The molecule has 1 saturated carbocycles. The minimum Gasteiger partial charge on any atom is -0.508 e. The standard InChI is InChI=1S/C30H35FN3O9P/c1-4-19(5-2)17-40-28(37)18(3)33-44(39,42-24-12-8-10-20-9-6-7-11-21(20)24)43-30(13-14-30)26-23(35)15-25(41-26)34-16-22(31)27(36)32-29(34)38/h6-12,16,18-19,25,35H,4-5,13-15,17H2,1-3H3,(H,33,39)(H,32,36,38)/t18-,25+,44+/m0/s1. The summed E-state index contributed by atoms with van der Waals surface area (Å²) < 4.78 is 52.8. The molecule has 236 valence electrons. The minimum atomic E-state index is -4.42. The van der Waals surface area contributed by atoms with Gasteiger partial charge in [0.1, 0.15) is 23.2 Å². The number of H-pyrrole nitrogens is 1. The van der Waals surface area contributed by atoms with E-state index in [1.807, 2.05) is 37.0 Å². The van der Waals surface area contributed by atoms with E-state index in [9.17, 15) is 28.4 Å². The van der Waals surface area contributed by atoms with Crippen molar-refractivity contribution in [3.05, 3.63) is 86.8 Å². The highest BCUT2D eigenvalue weighted by molar-refractivity contribution is 7.52. The van der Waals surface area contributed by atoms with Crippen molar-refractivity contribution in [1.82, 2.24) is 14.6 Å². The number of halogens is 1. The number of carbonyl (C=O) groups is 1. The third-order valence-electron chi connectivity index (χ3n) is 7.82. The predicted molar refractivity (Wildman–Crippen MR) is 159 cm³/mol. The first kappa shape index (κ1) is 31.5. The molecule has 3 N–H and O–H groups in total. The molecule has 0 saturated heterocycles. The van der Waals surface area contributed by atoms with Gasteiger partial charge in [-0.05, 0) is 37.1 Å². The second-order valence-electron chi connectivity index (χ2n) is 11.0. The summed E-state index contributed by atoms with van der Waals surface area (Å²) in [6.07, 6.45) is 1.42. The average molecular weight is 632 g/mol. The fourth-order valence-corrected chi connectivity index (χ4v) is 6.89. The molecule has 2 heterocycles.